The average molecular weight is 361 g/mol. The topological polar surface area (TPSA) is 81.9 Å². The molecule has 0 saturated heterocycles. The molecule has 0 unspecified atom stereocenters. The van der Waals surface area contributed by atoms with Gasteiger partial charge in [-0.05, 0) is 31.2 Å². The molecule has 0 saturated carbocycles. The highest BCUT2D eigenvalue weighted by Gasteiger charge is 2.21. The number of sulfonamides is 1. The number of hydrogen-bond donors (Lipinski definition) is 1. The van der Waals surface area contributed by atoms with Gasteiger partial charge in [-0.25, -0.2) is 18.1 Å². The molecule has 25 heavy (non-hydrogen) atoms. The molecular formula is C17H19N3O4S. The van der Waals surface area contributed by atoms with Crippen molar-refractivity contribution in [1.29, 1.82) is 0 Å². The standard InChI is InChI=1S/C17H19N3O4S/c1-12-14(20-9-5-4-6-17(20)19-12)11-18-25(21,22)16-10-13(23-2)7-8-15(16)24-3/h4-10,18H,11H2,1-3H3. The van der Waals surface area contributed by atoms with Gasteiger partial charge in [0, 0.05) is 12.3 Å². The van der Waals surface area contributed by atoms with E-state index in [1.807, 2.05) is 35.7 Å². The number of nitrogens with zero attached hydrogens (tertiary/aromatic N) is 2. The van der Waals surface area contributed by atoms with Gasteiger partial charge in [0.1, 0.15) is 22.0 Å². The van der Waals surface area contributed by atoms with Crippen molar-refractivity contribution in [3.8, 4) is 11.5 Å². The summed E-state index contributed by atoms with van der Waals surface area (Å²) < 4.78 is 40.3. The molecule has 132 valence electrons. The summed E-state index contributed by atoms with van der Waals surface area (Å²) in [5.41, 5.74) is 2.32. The van der Waals surface area contributed by atoms with Crippen molar-refractivity contribution in [2.24, 2.45) is 0 Å². The third-order valence-electron chi connectivity index (χ3n) is 3.92. The lowest BCUT2D eigenvalue weighted by Crippen LogP contribution is -2.24. The van der Waals surface area contributed by atoms with E-state index in [2.05, 4.69) is 9.71 Å². The molecule has 0 atom stereocenters. The number of rotatable bonds is 6. The molecule has 2 aromatic heterocycles. The van der Waals surface area contributed by atoms with Crippen molar-refractivity contribution >= 4 is 15.7 Å². The van der Waals surface area contributed by atoms with E-state index < -0.39 is 10.0 Å². The molecule has 0 spiro atoms. The summed E-state index contributed by atoms with van der Waals surface area (Å²) in [6.07, 6.45) is 1.85. The second kappa shape index (κ2) is 6.73. The number of aromatic nitrogens is 2. The second-order valence-corrected chi connectivity index (χ2v) is 7.15. The summed E-state index contributed by atoms with van der Waals surface area (Å²) in [5, 5.41) is 0. The third kappa shape index (κ3) is 3.31. The van der Waals surface area contributed by atoms with Gasteiger partial charge in [-0.15, -0.1) is 0 Å². The average Bonchev–Trinajstić information content (AvgIpc) is 2.94. The summed E-state index contributed by atoms with van der Waals surface area (Å²) in [6.45, 7) is 1.96. The highest BCUT2D eigenvalue weighted by Crippen LogP contribution is 2.28. The number of benzene rings is 1. The van der Waals surface area contributed by atoms with Gasteiger partial charge in [-0.2, -0.15) is 0 Å². The second-order valence-electron chi connectivity index (χ2n) is 5.41. The van der Waals surface area contributed by atoms with Crippen LogP contribution in [0.4, 0.5) is 0 Å². The van der Waals surface area contributed by atoms with Gasteiger partial charge in [0.25, 0.3) is 0 Å². The Kier molecular flexibility index (Phi) is 4.65. The first-order chi connectivity index (χ1) is 12.0. The van der Waals surface area contributed by atoms with E-state index in [4.69, 9.17) is 9.47 Å². The van der Waals surface area contributed by atoms with Crippen molar-refractivity contribution in [2.75, 3.05) is 14.2 Å². The molecule has 0 aliphatic carbocycles. The van der Waals surface area contributed by atoms with Crippen LogP contribution in [0, 0.1) is 6.92 Å². The lowest BCUT2D eigenvalue weighted by molar-refractivity contribution is 0.392. The fraction of sp³-hybridized carbons (Fsp3) is 0.235. The number of methoxy groups -OCH3 is 2. The maximum atomic E-state index is 12.7. The number of nitrogens with one attached hydrogen (secondary N) is 1. The first kappa shape index (κ1) is 17.2. The normalized spacial score (nSPS) is 11.6. The predicted octanol–water partition coefficient (Wildman–Crippen LogP) is 2.14. The van der Waals surface area contributed by atoms with E-state index in [0.717, 1.165) is 17.0 Å². The smallest absolute Gasteiger partial charge is 0.244 e. The molecule has 0 bridgehead atoms. The lowest BCUT2D eigenvalue weighted by Gasteiger charge is -2.12. The van der Waals surface area contributed by atoms with E-state index >= 15 is 0 Å². The Balaban J connectivity index is 1.93. The van der Waals surface area contributed by atoms with Crippen molar-refractivity contribution in [3.05, 3.63) is 54.0 Å². The number of pyridine rings is 1. The van der Waals surface area contributed by atoms with Crippen LogP contribution in [0.2, 0.25) is 0 Å². The number of fused-ring (bicyclic) bond motifs is 1. The Labute approximate surface area is 146 Å². The van der Waals surface area contributed by atoms with Crippen LogP contribution in [0.3, 0.4) is 0 Å². The zero-order chi connectivity index (χ0) is 18.0. The minimum absolute atomic E-state index is 0.0285. The number of aryl methyl sites for hydroxylation is 1. The summed E-state index contributed by atoms with van der Waals surface area (Å²) in [4.78, 5) is 4.46. The van der Waals surface area contributed by atoms with Crippen LogP contribution in [0.15, 0.2) is 47.5 Å². The molecule has 0 amide bonds. The van der Waals surface area contributed by atoms with E-state index in [1.165, 1.54) is 20.3 Å². The van der Waals surface area contributed by atoms with Gasteiger partial charge < -0.3 is 13.9 Å². The summed E-state index contributed by atoms with van der Waals surface area (Å²) in [5.74, 6) is 0.690. The van der Waals surface area contributed by atoms with E-state index in [1.54, 1.807) is 12.1 Å². The van der Waals surface area contributed by atoms with Crippen molar-refractivity contribution in [2.45, 2.75) is 18.4 Å². The van der Waals surface area contributed by atoms with Crippen molar-refractivity contribution in [3.63, 3.8) is 0 Å². The molecule has 0 aliphatic rings. The van der Waals surface area contributed by atoms with Crippen LogP contribution in [0.25, 0.3) is 5.65 Å². The number of ether oxygens (including phenoxy) is 2. The van der Waals surface area contributed by atoms with Crippen LogP contribution in [-0.2, 0) is 16.6 Å². The largest absolute Gasteiger partial charge is 0.497 e. The molecule has 0 aliphatic heterocycles. The quantitative estimate of drug-likeness (QED) is 0.727. The lowest BCUT2D eigenvalue weighted by atomic mass is 10.3. The Bertz CT molecular complexity index is 1010. The molecular weight excluding hydrogens is 342 g/mol. The molecule has 1 aromatic carbocycles. The number of hydrogen-bond acceptors (Lipinski definition) is 5. The molecule has 3 aromatic rings. The van der Waals surface area contributed by atoms with Gasteiger partial charge >= 0.3 is 0 Å². The third-order valence-corrected chi connectivity index (χ3v) is 5.34. The Morgan fingerprint density at radius 1 is 1.16 bits per heavy atom. The minimum atomic E-state index is -3.79. The van der Waals surface area contributed by atoms with E-state index in [-0.39, 0.29) is 17.2 Å². The highest BCUT2D eigenvalue weighted by atomic mass is 32.2. The molecule has 2 heterocycles. The van der Waals surface area contributed by atoms with Crippen LogP contribution >= 0.6 is 0 Å². The summed E-state index contributed by atoms with van der Waals surface area (Å²) >= 11 is 0. The minimum Gasteiger partial charge on any atom is -0.497 e. The van der Waals surface area contributed by atoms with Crippen molar-refractivity contribution < 1.29 is 17.9 Å². The van der Waals surface area contributed by atoms with Gasteiger partial charge in [-0.1, -0.05) is 6.07 Å². The first-order valence-electron chi connectivity index (χ1n) is 7.60. The maximum absolute atomic E-state index is 12.7. The Hall–Kier alpha value is -2.58. The molecule has 0 fully saturated rings. The molecule has 8 heteroatoms. The monoisotopic (exact) mass is 361 g/mol. The zero-order valence-electron chi connectivity index (χ0n) is 14.2. The Morgan fingerprint density at radius 2 is 1.96 bits per heavy atom. The molecule has 7 nitrogen and oxygen atoms in total. The molecule has 0 radical (unpaired) electrons. The number of imidazole rings is 1. The molecule has 1 N–H and O–H groups in total. The maximum Gasteiger partial charge on any atom is 0.244 e. The molecule has 3 rings (SSSR count). The predicted molar refractivity (Wildman–Crippen MR) is 93.5 cm³/mol. The van der Waals surface area contributed by atoms with Crippen LogP contribution in [-0.4, -0.2) is 32.0 Å². The summed E-state index contributed by atoms with van der Waals surface area (Å²) in [6, 6.07) is 10.3. The SMILES string of the molecule is COc1ccc(OC)c(S(=O)(=O)NCc2c(C)nc3ccccn23)c1. The van der Waals surface area contributed by atoms with Crippen LogP contribution < -0.4 is 14.2 Å². The van der Waals surface area contributed by atoms with Gasteiger partial charge in [-0.3, -0.25) is 0 Å². The van der Waals surface area contributed by atoms with Crippen molar-refractivity contribution in [1.82, 2.24) is 14.1 Å². The first-order valence-corrected chi connectivity index (χ1v) is 9.09. The van der Waals surface area contributed by atoms with E-state index in [0.29, 0.717) is 5.75 Å². The van der Waals surface area contributed by atoms with Gasteiger partial charge in [0.2, 0.25) is 10.0 Å². The van der Waals surface area contributed by atoms with Gasteiger partial charge in [0.15, 0.2) is 0 Å². The Morgan fingerprint density at radius 3 is 2.68 bits per heavy atom. The fourth-order valence-electron chi connectivity index (χ4n) is 2.61. The summed E-state index contributed by atoms with van der Waals surface area (Å²) in [7, 11) is -0.888. The van der Waals surface area contributed by atoms with Crippen LogP contribution in [0.1, 0.15) is 11.4 Å². The van der Waals surface area contributed by atoms with Crippen LogP contribution in [0.5, 0.6) is 11.5 Å². The zero-order valence-corrected chi connectivity index (χ0v) is 15.0. The van der Waals surface area contributed by atoms with E-state index in [9.17, 15) is 8.42 Å². The van der Waals surface area contributed by atoms with Gasteiger partial charge in [0.05, 0.1) is 32.2 Å². The highest BCUT2D eigenvalue weighted by molar-refractivity contribution is 7.89. The fourth-order valence-corrected chi connectivity index (χ4v) is 3.78.